The lowest BCUT2D eigenvalue weighted by Crippen LogP contribution is -2.14. The van der Waals surface area contributed by atoms with E-state index in [9.17, 15) is 9.18 Å². The number of nitrogens with one attached hydrogen (secondary N) is 1. The van der Waals surface area contributed by atoms with Gasteiger partial charge in [-0.1, -0.05) is 23.7 Å². The van der Waals surface area contributed by atoms with Crippen LogP contribution in [0.5, 0.6) is 5.75 Å². The molecule has 0 unspecified atom stereocenters. The number of hydrogen-bond acceptors (Lipinski definition) is 2. The topological polar surface area (TPSA) is 49.3 Å². The van der Waals surface area contributed by atoms with Gasteiger partial charge in [-0.3, -0.25) is 4.79 Å². The first-order chi connectivity index (χ1) is 8.99. The van der Waals surface area contributed by atoms with Crippen LogP contribution in [-0.2, 0) is 0 Å². The summed E-state index contributed by atoms with van der Waals surface area (Å²) in [5, 5.41) is 12.0. The van der Waals surface area contributed by atoms with Crippen LogP contribution in [0.25, 0.3) is 0 Å². The van der Waals surface area contributed by atoms with Crippen LogP contribution in [0.1, 0.15) is 15.9 Å². The number of benzene rings is 2. The van der Waals surface area contributed by atoms with E-state index in [1.807, 2.05) is 0 Å². The summed E-state index contributed by atoms with van der Waals surface area (Å²) in [5.41, 5.74) is 1.07. The average Bonchev–Trinajstić information content (AvgIpc) is 2.33. The molecule has 0 aromatic heterocycles. The third-order valence-corrected chi connectivity index (χ3v) is 2.97. The SMILES string of the molecule is Cc1cccc(Cl)c1NC(=O)c1ccc(O)cc1F. The van der Waals surface area contributed by atoms with E-state index in [-0.39, 0.29) is 11.3 Å². The van der Waals surface area contributed by atoms with E-state index in [1.54, 1.807) is 25.1 Å². The first-order valence-corrected chi connectivity index (χ1v) is 5.92. The van der Waals surface area contributed by atoms with Crippen molar-refractivity contribution in [3.63, 3.8) is 0 Å². The fraction of sp³-hybridized carbons (Fsp3) is 0.0714. The Morgan fingerprint density at radius 3 is 2.68 bits per heavy atom. The highest BCUT2D eigenvalue weighted by atomic mass is 35.5. The largest absolute Gasteiger partial charge is 0.508 e. The summed E-state index contributed by atoms with van der Waals surface area (Å²) in [6.45, 7) is 1.79. The lowest BCUT2D eigenvalue weighted by Gasteiger charge is -2.10. The minimum atomic E-state index is -0.790. The van der Waals surface area contributed by atoms with Crippen LogP contribution in [0, 0.1) is 12.7 Å². The van der Waals surface area contributed by atoms with Crippen molar-refractivity contribution in [2.75, 3.05) is 5.32 Å². The zero-order chi connectivity index (χ0) is 14.0. The van der Waals surface area contributed by atoms with Crippen molar-refractivity contribution in [3.05, 3.63) is 58.4 Å². The second-order valence-electron chi connectivity index (χ2n) is 4.05. The number of amides is 1. The van der Waals surface area contributed by atoms with E-state index >= 15 is 0 Å². The average molecular weight is 280 g/mol. The molecule has 1 amide bonds. The zero-order valence-corrected chi connectivity index (χ0v) is 10.8. The normalized spacial score (nSPS) is 10.3. The second-order valence-corrected chi connectivity index (χ2v) is 4.46. The van der Waals surface area contributed by atoms with Crippen molar-refractivity contribution in [1.82, 2.24) is 0 Å². The quantitative estimate of drug-likeness (QED) is 0.880. The van der Waals surface area contributed by atoms with Gasteiger partial charge in [0.05, 0.1) is 16.3 Å². The molecule has 0 aliphatic heterocycles. The number of carbonyl (C=O) groups excluding carboxylic acids is 1. The number of aromatic hydroxyl groups is 1. The van der Waals surface area contributed by atoms with E-state index in [0.29, 0.717) is 10.7 Å². The molecule has 98 valence electrons. The summed E-state index contributed by atoms with van der Waals surface area (Å²) in [4.78, 5) is 12.0. The minimum absolute atomic E-state index is 0.155. The molecular formula is C14H11ClFNO2. The highest BCUT2D eigenvalue weighted by Crippen LogP contribution is 2.26. The summed E-state index contributed by atoms with van der Waals surface area (Å²) >= 11 is 5.98. The molecule has 2 aromatic rings. The number of rotatable bonds is 2. The summed E-state index contributed by atoms with van der Waals surface area (Å²) in [6.07, 6.45) is 0. The zero-order valence-electron chi connectivity index (χ0n) is 10.1. The van der Waals surface area contributed by atoms with Crippen LogP contribution >= 0.6 is 11.6 Å². The van der Waals surface area contributed by atoms with Crippen LogP contribution in [-0.4, -0.2) is 11.0 Å². The molecule has 2 rings (SSSR count). The number of anilines is 1. The Morgan fingerprint density at radius 1 is 1.32 bits per heavy atom. The molecular weight excluding hydrogens is 269 g/mol. The fourth-order valence-corrected chi connectivity index (χ4v) is 1.93. The van der Waals surface area contributed by atoms with Crippen molar-refractivity contribution >= 4 is 23.2 Å². The molecule has 0 radical (unpaired) electrons. The molecule has 0 atom stereocenters. The van der Waals surface area contributed by atoms with E-state index in [2.05, 4.69) is 5.32 Å². The van der Waals surface area contributed by atoms with Gasteiger partial charge in [-0.15, -0.1) is 0 Å². The van der Waals surface area contributed by atoms with Gasteiger partial charge in [0.25, 0.3) is 5.91 Å². The first kappa shape index (κ1) is 13.4. The monoisotopic (exact) mass is 279 g/mol. The van der Waals surface area contributed by atoms with Gasteiger partial charge in [-0.2, -0.15) is 0 Å². The molecule has 0 saturated heterocycles. The Bertz CT molecular complexity index is 623. The van der Waals surface area contributed by atoms with Crippen molar-refractivity contribution in [2.45, 2.75) is 6.92 Å². The van der Waals surface area contributed by atoms with Crippen LogP contribution in [0.3, 0.4) is 0 Å². The molecule has 0 heterocycles. The van der Waals surface area contributed by atoms with Gasteiger partial charge in [0.1, 0.15) is 11.6 Å². The molecule has 0 aliphatic rings. The molecule has 19 heavy (non-hydrogen) atoms. The minimum Gasteiger partial charge on any atom is -0.508 e. The van der Waals surface area contributed by atoms with Gasteiger partial charge in [0, 0.05) is 6.07 Å². The van der Waals surface area contributed by atoms with Gasteiger partial charge < -0.3 is 10.4 Å². The Balaban J connectivity index is 2.31. The number of hydrogen-bond donors (Lipinski definition) is 2. The van der Waals surface area contributed by atoms with Gasteiger partial charge in [-0.05, 0) is 30.7 Å². The molecule has 0 aliphatic carbocycles. The molecule has 2 N–H and O–H groups in total. The lowest BCUT2D eigenvalue weighted by molar-refractivity contribution is 0.102. The summed E-state index contributed by atoms with van der Waals surface area (Å²) in [7, 11) is 0. The maximum absolute atomic E-state index is 13.6. The predicted molar refractivity (Wildman–Crippen MR) is 72.2 cm³/mol. The molecule has 3 nitrogen and oxygen atoms in total. The standard InChI is InChI=1S/C14H11ClFNO2/c1-8-3-2-4-11(15)13(8)17-14(19)10-6-5-9(18)7-12(10)16/h2-7,18H,1H3,(H,17,19). The summed E-state index contributed by atoms with van der Waals surface area (Å²) in [6, 6.07) is 8.53. The van der Waals surface area contributed by atoms with Crippen LogP contribution < -0.4 is 5.32 Å². The first-order valence-electron chi connectivity index (χ1n) is 5.54. The van der Waals surface area contributed by atoms with E-state index in [0.717, 1.165) is 11.6 Å². The van der Waals surface area contributed by atoms with Crippen molar-refractivity contribution in [2.24, 2.45) is 0 Å². The molecule has 2 aromatic carbocycles. The van der Waals surface area contributed by atoms with Crippen molar-refractivity contribution < 1.29 is 14.3 Å². The van der Waals surface area contributed by atoms with Gasteiger partial charge in [0.15, 0.2) is 0 Å². The predicted octanol–water partition coefficient (Wildman–Crippen LogP) is 3.75. The second kappa shape index (κ2) is 5.28. The third kappa shape index (κ3) is 2.85. The lowest BCUT2D eigenvalue weighted by atomic mass is 10.1. The number of halogens is 2. The van der Waals surface area contributed by atoms with Crippen LogP contribution in [0.2, 0.25) is 5.02 Å². The maximum Gasteiger partial charge on any atom is 0.258 e. The Labute approximate surface area is 114 Å². The number of phenolic OH excluding ortho intramolecular Hbond substituents is 1. The Morgan fingerprint density at radius 2 is 2.05 bits per heavy atom. The number of phenols is 1. The van der Waals surface area contributed by atoms with Crippen LogP contribution in [0.4, 0.5) is 10.1 Å². The third-order valence-electron chi connectivity index (χ3n) is 2.66. The highest BCUT2D eigenvalue weighted by Gasteiger charge is 2.14. The van der Waals surface area contributed by atoms with Gasteiger partial charge in [-0.25, -0.2) is 4.39 Å². The molecule has 0 bridgehead atoms. The smallest absolute Gasteiger partial charge is 0.258 e. The van der Waals surface area contributed by atoms with E-state index in [1.165, 1.54) is 12.1 Å². The summed E-state index contributed by atoms with van der Waals surface area (Å²) < 4.78 is 13.6. The number of carbonyl (C=O) groups is 1. The summed E-state index contributed by atoms with van der Waals surface area (Å²) in [5.74, 6) is -1.64. The van der Waals surface area contributed by atoms with Crippen molar-refractivity contribution in [3.8, 4) is 5.75 Å². The van der Waals surface area contributed by atoms with Crippen LogP contribution in [0.15, 0.2) is 36.4 Å². The van der Waals surface area contributed by atoms with Crippen molar-refractivity contribution in [1.29, 1.82) is 0 Å². The number of aryl methyl sites for hydroxylation is 1. The van der Waals surface area contributed by atoms with Gasteiger partial charge in [0.2, 0.25) is 0 Å². The molecule has 0 fully saturated rings. The van der Waals surface area contributed by atoms with Gasteiger partial charge >= 0.3 is 0 Å². The molecule has 5 heteroatoms. The maximum atomic E-state index is 13.6. The Kier molecular flexibility index (Phi) is 3.71. The fourth-order valence-electron chi connectivity index (χ4n) is 1.66. The highest BCUT2D eigenvalue weighted by molar-refractivity contribution is 6.34. The van der Waals surface area contributed by atoms with E-state index in [4.69, 9.17) is 16.7 Å². The molecule has 0 spiro atoms. The Hall–Kier alpha value is -2.07. The van der Waals surface area contributed by atoms with E-state index < -0.39 is 11.7 Å². The number of para-hydroxylation sites is 1. The molecule has 0 saturated carbocycles.